The Kier molecular flexibility index (Phi) is 5.43. The van der Waals surface area contributed by atoms with E-state index in [-0.39, 0.29) is 5.78 Å². The van der Waals surface area contributed by atoms with Crippen LogP contribution in [0.2, 0.25) is 0 Å². The molecular weight excluding hydrogens is 229 g/mol. The van der Waals surface area contributed by atoms with Crippen LogP contribution in [0.1, 0.15) is 31.4 Å². The van der Waals surface area contributed by atoms with Gasteiger partial charge in [-0.3, -0.25) is 9.79 Å². The molecule has 0 saturated heterocycles. The van der Waals surface area contributed by atoms with Crippen molar-refractivity contribution in [3.05, 3.63) is 41.7 Å². The first-order valence-corrected chi connectivity index (χ1v) is 6.03. The number of carbonyl (C=O) groups is 1. The molecule has 0 bridgehead atoms. The Labute approximate surface area is 107 Å². The first-order chi connectivity index (χ1) is 8.54. The molecule has 18 heavy (non-hydrogen) atoms. The highest BCUT2D eigenvalue weighted by molar-refractivity contribution is 5.83. The first kappa shape index (κ1) is 14.3. The highest BCUT2D eigenvalue weighted by atomic mass is 19.1. The van der Waals surface area contributed by atoms with E-state index in [1.807, 2.05) is 18.2 Å². The van der Waals surface area contributed by atoms with Crippen molar-refractivity contribution in [1.82, 2.24) is 0 Å². The van der Waals surface area contributed by atoms with Crippen LogP contribution in [0.15, 0.2) is 35.6 Å². The highest BCUT2D eigenvalue weighted by Crippen LogP contribution is 2.26. The molecule has 96 valence electrons. The van der Waals surface area contributed by atoms with Gasteiger partial charge in [-0.25, -0.2) is 4.39 Å². The van der Waals surface area contributed by atoms with E-state index < -0.39 is 5.83 Å². The molecule has 3 heteroatoms. The predicted octanol–water partition coefficient (Wildman–Crippen LogP) is 3.96. The van der Waals surface area contributed by atoms with Gasteiger partial charge in [0.15, 0.2) is 0 Å². The minimum absolute atomic E-state index is 0.0687. The zero-order valence-corrected chi connectivity index (χ0v) is 10.9. The fourth-order valence-electron chi connectivity index (χ4n) is 1.83. The van der Waals surface area contributed by atoms with E-state index in [4.69, 9.17) is 0 Å². The van der Waals surface area contributed by atoms with Gasteiger partial charge in [0.05, 0.1) is 11.9 Å². The van der Waals surface area contributed by atoms with Gasteiger partial charge in [0.25, 0.3) is 0 Å². The fourth-order valence-corrected chi connectivity index (χ4v) is 1.83. The zero-order valence-electron chi connectivity index (χ0n) is 10.9. The lowest BCUT2D eigenvalue weighted by molar-refractivity contribution is -0.116. The lowest BCUT2D eigenvalue weighted by Crippen LogP contribution is -1.99. The third-order valence-corrected chi connectivity index (χ3v) is 2.50. The van der Waals surface area contributed by atoms with Gasteiger partial charge >= 0.3 is 0 Å². The number of Topliss-reactive ketones (excluding diaryl/α,β-unsaturated/α-hetero) is 1. The quantitative estimate of drug-likeness (QED) is 0.700. The molecule has 0 N–H and O–H groups in total. The van der Waals surface area contributed by atoms with E-state index in [2.05, 4.69) is 18.5 Å². The number of aryl methyl sites for hydroxylation is 1. The molecule has 0 spiro atoms. The molecule has 0 aromatic heterocycles. The largest absolute Gasteiger partial charge is 0.300 e. The standard InChI is InChI=1S/C15H18FNO/c1-4-6-13-7-5-8-14(9-12(3)18)15(13)17-10-11(2)16/h5,7-8,10H,2,4,6,9H2,1,3H3. The van der Waals surface area contributed by atoms with Crippen LogP contribution < -0.4 is 0 Å². The maximum Gasteiger partial charge on any atom is 0.134 e. The van der Waals surface area contributed by atoms with Crippen LogP contribution in [-0.2, 0) is 17.6 Å². The van der Waals surface area contributed by atoms with E-state index in [0.717, 1.165) is 30.2 Å². The van der Waals surface area contributed by atoms with Gasteiger partial charge in [-0.2, -0.15) is 0 Å². The SMILES string of the molecule is C=C(F)C=Nc1c(CCC)cccc1CC(C)=O. The molecule has 2 nitrogen and oxygen atoms in total. The van der Waals surface area contributed by atoms with Crippen molar-refractivity contribution in [2.45, 2.75) is 33.1 Å². The Hall–Kier alpha value is -1.77. The minimum atomic E-state index is -0.588. The zero-order chi connectivity index (χ0) is 13.5. The molecule has 1 rings (SSSR count). The second-order valence-corrected chi connectivity index (χ2v) is 4.26. The lowest BCUT2D eigenvalue weighted by Gasteiger charge is -2.09. The molecule has 1 aromatic rings. The fraction of sp³-hybridized carbons (Fsp3) is 0.333. The van der Waals surface area contributed by atoms with E-state index in [1.54, 1.807) is 0 Å². The number of allylic oxidation sites excluding steroid dienone is 1. The summed E-state index contributed by atoms with van der Waals surface area (Å²) in [6, 6.07) is 5.72. The van der Waals surface area contributed by atoms with Crippen LogP contribution in [0.3, 0.4) is 0 Å². The number of para-hydroxylation sites is 1. The summed E-state index contributed by atoms with van der Waals surface area (Å²) in [6.45, 7) is 6.76. The Morgan fingerprint density at radius 1 is 1.44 bits per heavy atom. The van der Waals surface area contributed by atoms with Crippen LogP contribution >= 0.6 is 0 Å². The molecule has 0 atom stereocenters. The van der Waals surface area contributed by atoms with E-state index in [1.165, 1.54) is 6.92 Å². The number of benzene rings is 1. The first-order valence-electron chi connectivity index (χ1n) is 6.03. The third-order valence-electron chi connectivity index (χ3n) is 2.50. The van der Waals surface area contributed by atoms with Crippen molar-refractivity contribution < 1.29 is 9.18 Å². The predicted molar refractivity (Wildman–Crippen MR) is 73.2 cm³/mol. The summed E-state index contributed by atoms with van der Waals surface area (Å²) >= 11 is 0. The van der Waals surface area contributed by atoms with Crippen molar-refractivity contribution in [3.8, 4) is 0 Å². The Balaban J connectivity index is 3.19. The maximum absolute atomic E-state index is 12.7. The van der Waals surface area contributed by atoms with Gasteiger partial charge in [-0.15, -0.1) is 0 Å². The van der Waals surface area contributed by atoms with E-state index >= 15 is 0 Å². The third kappa shape index (κ3) is 4.24. The minimum Gasteiger partial charge on any atom is -0.300 e. The summed E-state index contributed by atoms with van der Waals surface area (Å²) in [5.41, 5.74) is 2.58. The Morgan fingerprint density at radius 2 is 2.11 bits per heavy atom. The lowest BCUT2D eigenvalue weighted by atomic mass is 10.0. The van der Waals surface area contributed by atoms with Crippen LogP contribution in [-0.4, -0.2) is 12.0 Å². The smallest absolute Gasteiger partial charge is 0.134 e. The molecule has 0 aliphatic carbocycles. The summed E-state index contributed by atoms with van der Waals surface area (Å²) in [7, 11) is 0. The number of nitrogens with zero attached hydrogens (tertiary/aromatic N) is 1. The number of carbonyl (C=O) groups excluding carboxylic acids is 1. The summed E-state index contributed by atoms with van der Waals surface area (Å²) in [5, 5.41) is 0. The molecule has 0 heterocycles. The number of ketones is 1. The van der Waals surface area contributed by atoms with Gasteiger partial charge in [-0.05, 0) is 24.5 Å². The summed E-state index contributed by atoms with van der Waals surface area (Å²) < 4.78 is 12.7. The van der Waals surface area contributed by atoms with Gasteiger partial charge in [0.2, 0.25) is 0 Å². The summed E-state index contributed by atoms with van der Waals surface area (Å²) in [4.78, 5) is 15.4. The summed E-state index contributed by atoms with van der Waals surface area (Å²) in [5.74, 6) is -0.519. The Morgan fingerprint density at radius 3 is 2.67 bits per heavy atom. The van der Waals surface area contributed by atoms with E-state index in [0.29, 0.717) is 12.1 Å². The molecule has 0 aliphatic heterocycles. The molecule has 1 aromatic carbocycles. The van der Waals surface area contributed by atoms with Crippen molar-refractivity contribution in [3.63, 3.8) is 0 Å². The van der Waals surface area contributed by atoms with Crippen molar-refractivity contribution in [1.29, 1.82) is 0 Å². The van der Waals surface area contributed by atoms with Crippen LogP contribution in [0.4, 0.5) is 10.1 Å². The van der Waals surface area contributed by atoms with Crippen LogP contribution in [0, 0.1) is 0 Å². The summed E-state index contributed by atoms with van der Waals surface area (Å²) in [6.07, 6.45) is 3.25. The van der Waals surface area contributed by atoms with Crippen molar-refractivity contribution >= 4 is 17.7 Å². The van der Waals surface area contributed by atoms with Crippen molar-refractivity contribution in [2.75, 3.05) is 0 Å². The van der Waals surface area contributed by atoms with Gasteiger partial charge in [-0.1, -0.05) is 38.1 Å². The highest BCUT2D eigenvalue weighted by Gasteiger charge is 2.08. The van der Waals surface area contributed by atoms with Crippen molar-refractivity contribution in [2.24, 2.45) is 4.99 Å². The molecule has 0 unspecified atom stereocenters. The average molecular weight is 247 g/mol. The number of aliphatic imine (C=N–C) groups is 1. The monoisotopic (exact) mass is 247 g/mol. The normalized spacial score (nSPS) is 10.8. The molecule has 0 radical (unpaired) electrons. The van der Waals surface area contributed by atoms with Crippen LogP contribution in [0.25, 0.3) is 0 Å². The molecule has 0 saturated carbocycles. The topological polar surface area (TPSA) is 29.4 Å². The molecule has 0 fully saturated rings. The maximum atomic E-state index is 12.7. The second-order valence-electron chi connectivity index (χ2n) is 4.26. The number of halogens is 1. The average Bonchev–Trinajstić information content (AvgIpc) is 2.27. The van der Waals surface area contributed by atoms with Gasteiger partial charge in [0, 0.05) is 6.42 Å². The van der Waals surface area contributed by atoms with Crippen LogP contribution in [0.5, 0.6) is 0 Å². The molecular formula is C15H18FNO. The second kappa shape index (κ2) is 6.84. The number of hydrogen-bond acceptors (Lipinski definition) is 2. The molecule has 0 aliphatic rings. The number of hydrogen-bond donors (Lipinski definition) is 0. The van der Waals surface area contributed by atoms with Gasteiger partial charge < -0.3 is 0 Å². The molecule has 0 amide bonds. The number of rotatable bonds is 6. The Bertz CT molecular complexity index is 477. The van der Waals surface area contributed by atoms with E-state index in [9.17, 15) is 9.18 Å². The van der Waals surface area contributed by atoms with Gasteiger partial charge in [0.1, 0.15) is 11.6 Å².